The van der Waals surface area contributed by atoms with Gasteiger partial charge in [-0.15, -0.1) is 0 Å². The van der Waals surface area contributed by atoms with E-state index in [1.807, 2.05) is 0 Å². The number of nitro groups is 1. The Hall–Kier alpha value is -3.12. The van der Waals surface area contributed by atoms with Gasteiger partial charge in [-0.05, 0) is 33.6 Å². The fourth-order valence-corrected chi connectivity index (χ4v) is 3.02. The van der Waals surface area contributed by atoms with E-state index in [1.54, 1.807) is 26.2 Å². The van der Waals surface area contributed by atoms with Crippen molar-refractivity contribution in [3.05, 3.63) is 10.1 Å². The molecule has 1 aliphatic rings. The number of rotatable bonds is 9. The fraction of sp³-hybridized carbons (Fsp3) is 0.778. The summed E-state index contributed by atoms with van der Waals surface area (Å²) >= 11 is 0. The van der Waals surface area contributed by atoms with E-state index in [-0.39, 0.29) is 37.3 Å². The molecule has 0 aromatic carbocycles. The number of esters is 1. The fourth-order valence-electron chi connectivity index (χ4n) is 3.02. The average Bonchev–Trinajstić information content (AvgIpc) is 3.05. The monoisotopic (exact) mass is 444 g/mol. The highest BCUT2D eigenvalue weighted by molar-refractivity contribution is 5.83. The summed E-state index contributed by atoms with van der Waals surface area (Å²) in [5.74, 6) is -1.02. The van der Waals surface area contributed by atoms with Gasteiger partial charge in [0.1, 0.15) is 11.6 Å². The van der Waals surface area contributed by atoms with Crippen LogP contribution in [-0.2, 0) is 19.1 Å². The van der Waals surface area contributed by atoms with E-state index in [0.717, 1.165) is 0 Å². The summed E-state index contributed by atoms with van der Waals surface area (Å²) < 4.78 is 10.1. The summed E-state index contributed by atoms with van der Waals surface area (Å²) in [6.45, 7) is 5.64. The van der Waals surface area contributed by atoms with Gasteiger partial charge in [0.25, 0.3) is 5.96 Å². The number of aliphatic imine (C=N–C) groups is 1. The van der Waals surface area contributed by atoms with Crippen LogP contribution in [0.15, 0.2) is 4.99 Å². The molecule has 0 bridgehead atoms. The first-order valence-electron chi connectivity index (χ1n) is 10.0. The van der Waals surface area contributed by atoms with Crippen molar-refractivity contribution in [1.29, 1.82) is 0 Å². The zero-order valence-electron chi connectivity index (χ0n) is 18.4. The Morgan fingerprint density at radius 3 is 2.52 bits per heavy atom. The summed E-state index contributed by atoms with van der Waals surface area (Å²) in [6.07, 6.45) is 1.77. The lowest BCUT2D eigenvalue weighted by molar-refractivity contribution is -0.525. The lowest BCUT2D eigenvalue weighted by atomic mass is 10.1. The Morgan fingerprint density at radius 2 is 1.94 bits per heavy atom. The second-order valence-electron chi connectivity index (χ2n) is 8.12. The van der Waals surface area contributed by atoms with Crippen molar-refractivity contribution < 1.29 is 28.9 Å². The molecule has 0 aliphatic carbocycles. The van der Waals surface area contributed by atoms with E-state index < -0.39 is 28.7 Å². The SMILES string of the molecule is COC(=O)[C@@H]1C[C@H](NC(=O)CCCCCN=C(N)N[N+](=O)[O-])CN1C(=O)OC(C)(C)C. The van der Waals surface area contributed by atoms with Crippen molar-refractivity contribution in [3.8, 4) is 0 Å². The largest absolute Gasteiger partial charge is 0.467 e. The third-order valence-electron chi connectivity index (χ3n) is 4.32. The predicted octanol–water partition coefficient (Wildman–Crippen LogP) is 0.310. The number of methoxy groups -OCH3 is 1. The Kier molecular flexibility index (Phi) is 9.96. The van der Waals surface area contributed by atoms with Crippen LogP contribution in [0.1, 0.15) is 52.9 Å². The molecule has 0 aromatic heterocycles. The lowest BCUT2D eigenvalue weighted by Gasteiger charge is -2.27. The van der Waals surface area contributed by atoms with Crippen LogP contribution < -0.4 is 16.5 Å². The summed E-state index contributed by atoms with van der Waals surface area (Å²) in [5.41, 5.74) is 6.33. The number of hydrazine groups is 1. The Balaban J connectivity index is 2.44. The summed E-state index contributed by atoms with van der Waals surface area (Å²) in [5, 5.41) is 12.2. The van der Waals surface area contributed by atoms with Crippen molar-refractivity contribution in [1.82, 2.24) is 15.6 Å². The van der Waals surface area contributed by atoms with Crippen LogP contribution in [0.3, 0.4) is 0 Å². The van der Waals surface area contributed by atoms with Crippen LogP contribution in [0.4, 0.5) is 4.79 Å². The summed E-state index contributed by atoms with van der Waals surface area (Å²) in [6, 6.07) is -1.21. The number of amides is 2. The number of likely N-dealkylation sites (tertiary alicyclic amines) is 1. The number of guanidine groups is 1. The highest BCUT2D eigenvalue weighted by Crippen LogP contribution is 2.22. The maximum atomic E-state index is 12.4. The molecule has 4 N–H and O–H groups in total. The minimum absolute atomic E-state index is 0.151. The van der Waals surface area contributed by atoms with E-state index in [9.17, 15) is 24.5 Å². The average molecular weight is 444 g/mol. The van der Waals surface area contributed by atoms with Crippen molar-refractivity contribution in [2.45, 2.75) is 70.6 Å². The second-order valence-corrected chi connectivity index (χ2v) is 8.12. The number of nitrogens with zero attached hydrogens (tertiary/aromatic N) is 3. The van der Waals surface area contributed by atoms with Crippen molar-refractivity contribution in [3.63, 3.8) is 0 Å². The first-order valence-corrected chi connectivity index (χ1v) is 10.0. The smallest absolute Gasteiger partial charge is 0.411 e. The number of hydrogen-bond acceptors (Lipinski definition) is 8. The highest BCUT2D eigenvalue weighted by atomic mass is 16.7. The van der Waals surface area contributed by atoms with E-state index in [0.29, 0.717) is 25.8 Å². The highest BCUT2D eigenvalue weighted by Gasteiger charge is 2.42. The van der Waals surface area contributed by atoms with Crippen molar-refractivity contribution >= 4 is 23.9 Å². The van der Waals surface area contributed by atoms with Gasteiger partial charge in [-0.25, -0.2) is 24.7 Å². The topological polar surface area (TPSA) is 178 Å². The van der Waals surface area contributed by atoms with Gasteiger partial charge in [0.05, 0.1) is 7.11 Å². The Labute approximate surface area is 180 Å². The van der Waals surface area contributed by atoms with Gasteiger partial charge in [0, 0.05) is 32.0 Å². The molecule has 176 valence electrons. The maximum Gasteiger partial charge on any atom is 0.411 e. The molecule has 1 saturated heterocycles. The number of carbonyl (C=O) groups excluding carboxylic acids is 3. The molecule has 31 heavy (non-hydrogen) atoms. The number of nitrogens with one attached hydrogen (secondary N) is 2. The molecule has 0 radical (unpaired) electrons. The van der Waals surface area contributed by atoms with Gasteiger partial charge in [-0.3, -0.25) is 9.69 Å². The van der Waals surface area contributed by atoms with Crippen LogP contribution in [0.2, 0.25) is 0 Å². The molecular formula is C18H32N6O7. The van der Waals surface area contributed by atoms with E-state index in [2.05, 4.69) is 10.3 Å². The number of unbranched alkanes of at least 4 members (excludes halogenated alkanes) is 2. The lowest BCUT2D eigenvalue weighted by Crippen LogP contribution is -2.44. The molecule has 1 aliphatic heterocycles. The molecule has 1 rings (SSSR count). The Bertz CT molecular complexity index is 691. The van der Waals surface area contributed by atoms with Crippen molar-refractivity contribution in [2.24, 2.45) is 10.7 Å². The number of nitrogens with two attached hydrogens (primary N) is 1. The Morgan fingerprint density at radius 1 is 1.26 bits per heavy atom. The number of ether oxygens (including phenoxy) is 2. The second kappa shape index (κ2) is 11.9. The van der Waals surface area contributed by atoms with Crippen LogP contribution in [0, 0.1) is 10.1 Å². The third kappa shape index (κ3) is 9.96. The zero-order chi connectivity index (χ0) is 23.6. The van der Waals surface area contributed by atoms with Crippen LogP contribution in [0.5, 0.6) is 0 Å². The molecule has 1 fully saturated rings. The van der Waals surface area contributed by atoms with Gasteiger partial charge in [-0.2, -0.15) is 0 Å². The minimum atomic E-state index is -0.818. The van der Waals surface area contributed by atoms with Crippen LogP contribution in [-0.4, -0.2) is 71.7 Å². The maximum absolute atomic E-state index is 12.4. The molecule has 0 unspecified atom stereocenters. The molecule has 0 saturated carbocycles. The molecule has 0 aromatic rings. The molecule has 13 heteroatoms. The molecule has 13 nitrogen and oxygen atoms in total. The normalized spacial score (nSPS) is 19.0. The summed E-state index contributed by atoms with van der Waals surface area (Å²) in [4.78, 5) is 52.0. The van der Waals surface area contributed by atoms with Gasteiger partial charge in [0.2, 0.25) is 5.91 Å². The first kappa shape index (κ1) is 25.9. The quantitative estimate of drug-likeness (QED) is 0.113. The molecule has 2 amide bonds. The standard InChI is InChI=1S/C18H32N6O7/c1-18(2,3)31-17(27)23-11-12(10-13(23)15(26)30-4)21-14(25)8-6-5-7-9-20-16(19)22-24(28)29/h12-13H,5-11H2,1-4H3,(H,21,25)(H3,19,20,22)/t12-,13-/m0/s1. The molecule has 0 spiro atoms. The van der Waals surface area contributed by atoms with Gasteiger partial charge < -0.3 is 20.5 Å². The van der Waals surface area contributed by atoms with E-state index in [1.165, 1.54) is 12.0 Å². The summed E-state index contributed by atoms with van der Waals surface area (Å²) in [7, 11) is 1.24. The molecular weight excluding hydrogens is 412 g/mol. The minimum Gasteiger partial charge on any atom is -0.467 e. The van der Waals surface area contributed by atoms with E-state index in [4.69, 9.17) is 15.2 Å². The van der Waals surface area contributed by atoms with Gasteiger partial charge in [-0.1, -0.05) is 11.8 Å². The van der Waals surface area contributed by atoms with Crippen LogP contribution >= 0.6 is 0 Å². The zero-order valence-corrected chi connectivity index (χ0v) is 18.4. The van der Waals surface area contributed by atoms with Gasteiger partial charge >= 0.3 is 12.1 Å². The van der Waals surface area contributed by atoms with Crippen molar-refractivity contribution in [2.75, 3.05) is 20.2 Å². The number of hydrogen-bond donors (Lipinski definition) is 3. The third-order valence-corrected chi connectivity index (χ3v) is 4.32. The first-order chi connectivity index (χ1) is 14.4. The van der Waals surface area contributed by atoms with E-state index >= 15 is 0 Å². The van der Waals surface area contributed by atoms with Gasteiger partial charge in [0.15, 0.2) is 5.03 Å². The number of carbonyl (C=O) groups is 3. The molecule has 2 atom stereocenters. The molecule has 1 heterocycles. The predicted molar refractivity (Wildman–Crippen MR) is 110 cm³/mol. The van der Waals surface area contributed by atoms with Crippen LogP contribution in [0.25, 0.3) is 0 Å².